The summed E-state index contributed by atoms with van der Waals surface area (Å²) in [6.45, 7) is 8.05. The molecule has 1 aliphatic rings. The summed E-state index contributed by atoms with van der Waals surface area (Å²) < 4.78 is 22.0. The molecular formula is C23H30N2O5. The van der Waals surface area contributed by atoms with E-state index in [1.807, 2.05) is 37.8 Å². The summed E-state index contributed by atoms with van der Waals surface area (Å²) in [6, 6.07) is 7.41. The minimum Gasteiger partial charge on any atom is -0.493 e. The van der Waals surface area contributed by atoms with Gasteiger partial charge in [-0.1, -0.05) is 0 Å². The third-order valence-corrected chi connectivity index (χ3v) is 4.86. The molecule has 0 saturated heterocycles. The number of hydrogen-bond donors (Lipinski definition) is 0. The number of nitrogens with zero attached hydrogens (tertiary/aromatic N) is 2. The van der Waals surface area contributed by atoms with Crippen LogP contribution in [0.1, 0.15) is 42.3 Å². The molecule has 2 aromatic rings. The average Bonchev–Trinajstić information content (AvgIpc) is 2.74. The highest BCUT2D eigenvalue weighted by atomic mass is 16.5. The molecule has 0 spiro atoms. The number of carbonyl (C=O) groups is 1. The Morgan fingerprint density at radius 1 is 1.07 bits per heavy atom. The number of ether oxygens (including phenoxy) is 4. The molecule has 2 heterocycles. The van der Waals surface area contributed by atoms with E-state index in [2.05, 4.69) is 4.98 Å². The van der Waals surface area contributed by atoms with E-state index in [4.69, 9.17) is 18.9 Å². The lowest BCUT2D eigenvalue weighted by atomic mass is 9.98. The molecule has 1 aliphatic heterocycles. The Hall–Kier alpha value is -2.80. The molecule has 30 heavy (non-hydrogen) atoms. The molecule has 0 unspecified atom stereocenters. The van der Waals surface area contributed by atoms with E-state index >= 15 is 0 Å². The van der Waals surface area contributed by atoms with E-state index in [1.165, 1.54) is 5.56 Å². The fourth-order valence-corrected chi connectivity index (χ4v) is 3.33. The SMILES string of the molecule is COc1cc2c(cc1OC)CN(C(=O)c1ccc(OCCOC(C)(C)C)nc1)CC2. The Balaban J connectivity index is 1.61. The van der Waals surface area contributed by atoms with Crippen molar-refractivity contribution in [3.05, 3.63) is 47.2 Å². The van der Waals surface area contributed by atoms with Crippen molar-refractivity contribution in [2.24, 2.45) is 0 Å². The number of fused-ring (bicyclic) bond motifs is 1. The highest BCUT2D eigenvalue weighted by Crippen LogP contribution is 2.33. The largest absolute Gasteiger partial charge is 0.493 e. The van der Waals surface area contributed by atoms with Gasteiger partial charge in [-0.25, -0.2) is 4.98 Å². The van der Waals surface area contributed by atoms with Gasteiger partial charge in [0.15, 0.2) is 11.5 Å². The molecule has 162 valence electrons. The number of benzene rings is 1. The van der Waals surface area contributed by atoms with Crippen LogP contribution in [0.25, 0.3) is 0 Å². The number of rotatable bonds is 7. The summed E-state index contributed by atoms with van der Waals surface area (Å²) in [5.41, 5.74) is 2.59. The van der Waals surface area contributed by atoms with Gasteiger partial charge in [-0.15, -0.1) is 0 Å². The van der Waals surface area contributed by atoms with E-state index < -0.39 is 0 Å². The first-order chi connectivity index (χ1) is 14.3. The number of amides is 1. The van der Waals surface area contributed by atoms with Crippen LogP contribution in [0.15, 0.2) is 30.5 Å². The van der Waals surface area contributed by atoms with Crippen LogP contribution in [0.5, 0.6) is 17.4 Å². The minimum atomic E-state index is -0.199. The summed E-state index contributed by atoms with van der Waals surface area (Å²) in [5.74, 6) is 1.81. The fourth-order valence-electron chi connectivity index (χ4n) is 3.33. The van der Waals surface area contributed by atoms with Crippen molar-refractivity contribution in [2.45, 2.75) is 39.3 Å². The Kier molecular flexibility index (Phi) is 6.82. The van der Waals surface area contributed by atoms with E-state index in [-0.39, 0.29) is 11.5 Å². The molecular weight excluding hydrogens is 384 g/mol. The van der Waals surface area contributed by atoms with Crippen molar-refractivity contribution in [1.82, 2.24) is 9.88 Å². The molecule has 0 N–H and O–H groups in total. The predicted molar refractivity (Wildman–Crippen MR) is 113 cm³/mol. The summed E-state index contributed by atoms with van der Waals surface area (Å²) in [6.07, 6.45) is 2.33. The van der Waals surface area contributed by atoms with Gasteiger partial charge in [0.25, 0.3) is 5.91 Å². The van der Waals surface area contributed by atoms with Gasteiger partial charge in [0, 0.05) is 25.4 Å². The standard InChI is InChI=1S/C23H30N2O5/c1-23(2,3)30-11-10-29-21-7-6-17(14-24-21)22(26)25-9-8-16-12-19(27-4)20(28-5)13-18(16)15-25/h6-7,12-14H,8-11,15H2,1-5H3. The number of pyridine rings is 1. The lowest BCUT2D eigenvalue weighted by Gasteiger charge is -2.29. The molecule has 7 nitrogen and oxygen atoms in total. The van der Waals surface area contributed by atoms with Gasteiger partial charge in [0.1, 0.15) is 6.61 Å². The van der Waals surface area contributed by atoms with E-state index in [1.54, 1.807) is 32.5 Å². The zero-order valence-corrected chi connectivity index (χ0v) is 18.4. The van der Waals surface area contributed by atoms with Crippen LogP contribution in [0, 0.1) is 0 Å². The van der Waals surface area contributed by atoms with Crippen molar-refractivity contribution >= 4 is 5.91 Å². The van der Waals surface area contributed by atoms with Crippen molar-refractivity contribution in [3.63, 3.8) is 0 Å². The molecule has 1 aromatic heterocycles. The second kappa shape index (κ2) is 9.34. The average molecular weight is 415 g/mol. The molecule has 0 bridgehead atoms. The maximum atomic E-state index is 12.9. The van der Waals surface area contributed by atoms with Crippen LogP contribution in [-0.4, -0.2) is 55.4 Å². The summed E-state index contributed by atoms with van der Waals surface area (Å²) in [7, 11) is 3.24. The van der Waals surface area contributed by atoms with Crippen molar-refractivity contribution < 1.29 is 23.7 Å². The van der Waals surface area contributed by atoms with Crippen LogP contribution in [0.2, 0.25) is 0 Å². The molecule has 0 saturated carbocycles. The van der Waals surface area contributed by atoms with Gasteiger partial charge in [-0.3, -0.25) is 4.79 Å². The molecule has 0 atom stereocenters. The number of hydrogen-bond acceptors (Lipinski definition) is 6. The summed E-state index contributed by atoms with van der Waals surface area (Å²) in [5, 5.41) is 0. The molecule has 1 amide bonds. The summed E-state index contributed by atoms with van der Waals surface area (Å²) >= 11 is 0. The van der Waals surface area contributed by atoms with Crippen LogP contribution in [-0.2, 0) is 17.7 Å². The zero-order valence-electron chi connectivity index (χ0n) is 18.4. The Morgan fingerprint density at radius 3 is 2.37 bits per heavy atom. The third-order valence-electron chi connectivity index (χ3n) is 4.86. The quantitative estimate of drug-likeness (QED) is 0.646. The first kappa shape index (κ1) is 21.9. The Bertz CT molecular complexity index is 874. The van der Waals surface area contributed by atoms with Crippen molar-refractivity contribution in [2.75, 3.05) is 34.0 Å². The monoisotopic (exact) mass is 414 g/mol. The van der Waals surface area contributed by atoms with Crippen molar-refractivity contribution in [1.29, 1.82) is 0 Å². The second-order valence-corrected chi connectivity index (χ2v) is 8.15. The first-order valence-corrected chi connectivity index (χ1v) is 10.1. The first-order valence-electron chi connectivity index (χ1n) is 10.1. The second-order valence-electron chi connectivity index (χ2n) is 8.15. The third kappa shape index (κ3) is 5.42. The predicted octanol–water partition coefficient (Wildman–Crippen LogP) is 3.49. The van der Waals surface area contributed by atoms with E-state index in [0.717, 1.165) is 12.0 Å². The normalized spacial score (nSPS) is 13.6. The highest BCUT2D eigenvalue weighted by molar-refractivity contribution is 5.94. The van der Waals surface area contributed by atoms with Gasteiger partial charge in [-0.05, 0) is 56.5 Å². The van der Waals surface area contributed by atoms with Gasteiger partial charge in [0.05, 0.1) is 32.0 Å². The smallest absolute Gasteiger partial charge is 0.255 e. The molecule has 3 rings (SSSR count). The maximum absolute atomic E-state index is 12.9. The Morgan fingerprint density at radius 2 is 1.77 bits per heavy atom. The molecule has 1 aromatic carbocycles. The topological polar surface area (TPSA) is 70.1 Å². The van der Waals surface area contributed by atoms with E-state index in [0.29, 0.717) is 49.2 Å². The lowest BCUT2D eigenvalue weighted by Crippen LogP contribution is -2.36. The maximum Gasteiger partial charge on any atom is 0.255 e. The molecule has 0 fully saturated rings. The fraction of sp³-hybridized carbons (Fsp3) is 0.478. The lowest BCUT2D eigenvalue weighted by molar-refractivity contribution is -0.0168. The van der Waals surface area contributed by atoms with Crippen LogP contribution in [0.4, 0.5) is 0 Å². The van der Waals surface area contributed by atoms with Crippen LogP contribution < -0.4 is 14.2 Å². The van der Waals surface area contributed by atoms with Crippen molar-refractivity contribution in [3.8, 4) is 17.4 Å². The van der Waals surface area contributed by atoms with Gasteiger partial charge < -0.3 is 23.8 Å². The van der Waals surface area contributed by atoms with Gasteiger partial charge >= 0.3 is 0 Å². The number of carbonyl (C=O) groups excluding carboxylic acids is 1. The highest BCUT2D eigenvalue weighted by Gasteiger charge is 2.24. The van der Waals surface area contributed by atoms with Crippen LogP contribution >= 0.6 is 0 Å². The zero-order chi connectivity index (χ0) is 21.7. The molecule has 7 heteroatoms. The van der Waals surface area contributed by atoms with Gasteiger partial charge in [0.2, 0.25) is 5.88 Å². The number of aromatic nitrogens is 1. The van der Waals surface area contributed by atoms with Gasteiger partial charge in [-0.2, -0.15) is 0 Å². The summed E-state index contributed by atoms with van der Waals surface area (Å²) in [4.78, 5) is 19.0. The number of methoxy groups -OCH3 is 2. The molecule has 0 radical (unpaired) electrons. The molecule has 0 aliphatic carbocycles. The van der Waals surface area contributed by atoms with Crippen LogP contribution in [0.3, 0.4) is 0 Å². The Labute approximate surface area is 177 Å². The minimum absolute atomic E-state index is 0.0504. The van der Waals surface area contributed by atoms with E-state index in [9.17, 15) is 4.79 Å².